The Kier molecular flexibility index (Phi) is 33.0. The van der Waals surface area contributed by atoms with Gasteiger partial charge in [-0.25, -0.2) is 0 Å². The Balaban J connectivity index is -0.0000000524. The number of rotatable bonds is 0. The number of hydrogen-bond donors (Lipinski definition) is 0. The van der Waals surface area contributed by atoms with Gasteiger partial charge in [0, 0.05) is 0 Å². The normalized spacial score (nSPS) is 12.7. The fraction of sp³-hybridized carbons (Fsp3) is 1.00. The number of alkyl halides is 1. The van der Waals surface area contributed by atoms with E-state index in [2.05, 4.69) is 0 Å². The molecule has 0 bridgehead atoms. The van der Waals surface area contributed by atoms with Crippen LogP contribution >= 0.6 is 57.8 Å². The third kappa shape index (κ3) is 108. The van der Waals surface area contributed by atoms with Crippen LogP contribution in [0.4, 0.5) is 4.39 Å². The Labute approximate surface area is 211 Å². The first kappa shape index (κ1) is 33.8. The molecule has 4 nitrogen and oxygen atoms in total. The summed E-state index contributed by atoms with van der Waals surface area (Å²) in [5, 5.41) is 0. The van der Waals surface area contributed by atoms with Crippen LogP contribution in [0.25, 0.3) is 0 Å². The Morgan fingerprint density at radius 2 is 1.00 bits per heavy atom. The molecule has 18 heteroatoms. The van der Waals surface area contributed by atoms with Gasteiger partial charge in [0.1, 0.15) is 0 Å². The minimum atomic E-state index is -5.38. The summed E-state index contributed by atoms with van der Waals surface area (Å²) in [6.45, 7) is -5.38. The molecule has 0 fully saturated rings. The van der Waals surface area contributed by atoms with Crippen molar-refractivity contribution < 1.29 is 29.2 Å². The summed E-state index contributed by atoms with van der Waals surface area (Å²) in [6, 6.07) is 0. The van der Waals surface area contributed by atoms with Crippen molar-refractivity contribution in [3.8, 4) is 0 Å². The molecule has 0 heterocycles. The molecule has 0 radical (unpaired) electrons. The summed E-state index contributed by atoms with van der Waals surface area (Å²) in [6.07, 6.45) is 0. The average molecular weight is 690 g/mol. The second-order valence-corrected chi connectivity index (χ2v) is 58.7. The summed E-state index contributed by atoms with van der Waals surface area (Å²) >= 11 is 5.39. The molecule has 0 unspecified atom stereocenters. The molecule has 0 aromatic rings. The molecular weight excluding hydrogens is 686 g/mol. The zero-order valence-corrected chi connectivity index (χ0v) is 29.1. The molecule has 0 N–H and O–H groups in total. The van der Waals surface area contributed by atoms with Crippen molar-refractivity contribution in [3.05, 3.63) is 0 Å². The van der Waals surface area contributed by atoms with Crippen molar-refractivity contribution in [3.63, 3.8) is 0 Å². The first-order valence-corrected chi connectivity index (χ1v) is 49.5. The van der Waals surface area contributed by atoms with Gasteiger partial charge in [-0.2, -0.15) is 16.8 Å². The van der Waals surface area contributed by atoms with Crippen LogP contribution in [0.1, 0.15) is 1.37 Å². The topological polar surface area (TPSA) is 68.3 Å². The number of halogens is 7. The van der Waals surface area contributed by atoms with Crippen molar-refractivity contribution in [1.82, 2.24) is 0 Å². The third-order valence-electron chi connectivity index (χ3n) is 0.111. The first-order chi connectivity index (χ1) is 8.51. The quantitative estimate of drug-likeness (QED) is 0.365. The second kappa shape index (κ2) is 18.6. The summed E-state index contributed by atoms with van der Waals surface area (Å²) in [5.74, 6) is 0. The van der Waals surface area contributed by atoms with E-state index in [4.69, 9.17) is 76.0 Å². The third-order valence-corrected chi connectivity index (χ3v) is 1.00. The van der Waals surface area contributed by atoms with E-state index < -0.39 is 32.3 Å². The zero-order valence-electron chi connectivity index (χ0n) is 11.2. The van der Waals surface area contributed by atoms with E-state index in [-0.39, 0.29) is 0 Å². The van der Waals surface area contributed by atoms with Gasteiger partial charge < -0.3 is 0 Å². The molecule has 0 amide bonds. The van der Waals surface area contributed by atoms with E-state index in [1.807, 2.05) is 0 Å². The molecule has 19 heavy (non-hydrogen) atoms. The van der Waals surface area contributed by atoms with Gasteiger partial charge in [0.25, 0.3) is 0 Å². The van der Waals surface area contributed by atoms with E-state index >= 15 is 0 Å². The van der Waals surface area contributed by atoms with Gasteiger partial charge in [-0.05, 0) is 0 Å². The van der Waals surface area contributed by atoms with E-state index in [0.29, 0.717) is 0 Å². The predicted molar refractivity (Wildman–Crippen MR) is 83.0 cm³/mol. The monoisotopic (exact) mass is 689 g/mol. The van der Waals surface area contributed by atoms with Gasteiger partial charge in [-0.3, -0.25) is 4.39 Å². The van der Waals surface area contributed by atoms with E-state index in [0.717, 1.165) is 0 Å². The summed E-state index contributed by atoms with van der Waals surface area (Å²) in [7, 11) is 23.5. The van der Waals surface area contributed by atoms with Crippen molar-refractivity contribution >= 4 is 183 Å². The molecular formula is CH3Cl6FK2Na2O4OsS2. The SMILES string of the molecule is O=S(=O)=S(=O)=O.[2H]CF.[Cl][Os]([Cl])([Cl])([Cl])([Cl])[Cl].[K][K].[Na][Na]. The first-order valence-electron chi connectivity index (χ1n) is 4.61. The van der Waals surface area contributed by atoms with Crippen LogP contribution in [0.15, 0.2) is 0 Å². The Morgan fingerprint density at radius 3 is 1.00 bits per heavy atom. The van der Waals surface area contributed by atoms with Crippen molar-refractivity contribution in [2.75, 3.05) is 7.15 Å². The van der Waals surface area contributed by atoms with Crippen LogP contribution in [0.2, 0.25) is 0 Å². The predicted octanol–water partition coefficient (Wildman–Crippen LogP) is 1.86. The minimum absolute atomic E-state index is 1.00. The summed E-state index contributed by atoms with van der Waals surface area (Å²) in [5.41, 5.74) is 0. The number of hydrogen-bond acceptors (Lipinski definition) is 4. The van der Waals surface area contributed by atoms with Gasteiger partial charge in [0.2, 0.25) is 0 Å². The standard InChI is InChI=1S/CH3F.6ClH.2K.2Na.O4S2.Os/c1-2;;;;;;;;;;;1-5(2)6(3)4;/h1H3;6*1H;;;;;;/q;;;;;;;;;;;;+6/p-6/i1D;;;;;;;;;;;;. The molecule has 0 saturated heterocycles. The Bertz CT molecular complexity index is 397. The average Bonchev–Trinajstić information content (AvgIpc) is 2.20. The fourth-order valence-electron chi connectivity index (χ4n) is 0. The van der Waals surface area contributed by atoms with E-state index in [1.54, 1.807) is 0 Å². The maximum absolute atomic E-state index is 9.96. The molecule has 104 valence electrons. The summed E-state index contributed by atoms with van der Waals surface area (Å²) in [4.78, 5) is 0. The molecule has 0 aliphatic heterocycles. The van der Waals surface area contributed by atoms with Crippen LogP contribution in [0.3, 0.4) is 0 Å². The molecule has 0 aromatic heterocycles. The molecule has 0 spiro atoms. The molecule has 0 aliphatic rings. The summed E-state index contributed by atoms with van der Waals surface area (Å²) < 4.78 is 51.8. The van der Waals surface area contributed by atoms with Crippen LogP contribution in [-0.4, -0.2) is 131 Å². The Morgan fingerprint density at radius 1 is 0.947 bits per heavy atom. The van der Waals surface area contributed by atoms with Crippen LogP contribution in [0.5, 0.6) is 0 Å². The van der Waals surface area contributed by atoms with E-state index in [1.165, 1.54) is 107 Å². The van der Waals surface area contributed by atoms with Gasteiger partial charge >= 0.3 is 190 Å². The van der Waals surface area contributed by atoms with Crippen molar-refractivity contribution in [2.24, 2.45) is 0 Å². The van der Waals surface area contributed by atoms with Crippen LogP contribution in [-0.2, 0) is 25.2 Å². The molecule has 0 atom stereocenters. The second-order valence-electron chi connectivity index (χ2n) is 1.17. The van der Waals surface area contributed by atoms with E-state index in [9.17, 15) is 4.39 Å². The van der Waals surface area contributed by atoms with Gasteiger partial charge in [-0.15, -0.1) is 0 Å². The van der Waals surface area contributed by atoms with Gasteiger partial charge in [0.15, 0.2) is 0 Å². The molecule has 0 aromatic carbocycles. The van der Waals surface area contributed by atoms with Gasteiger partial charge in [-0.1, -0.05) is 0 Å². The maximum atomic E-state index is 9.96. The van der Waals surface area contributed by atoms with Crippen molar-refractivity contribution in [2.45, 2.75) is 0 Å². The molecule has 0 rings (SSSR count). The molecule has 0 aliphatic carbocycles. The van der Waals surface area contributed by atoms with Gasteiger partial charge in [0.05, 0.1) is 8.52 Å². The van der Waals surface area contributed by atoms with Crippen molar-refractivity contribution in [1.29, 1.82) is 0 Å². The fourth-order valence-corrected chi connectivity index (χ4v) is 0. The zero-order chi connectivity index (χ0) is 18.3. The van der Waals surface area contributed by atoms with Crippen LogP contribution < -0.4 is 0 Å². The molecule has 0 saturated carbocycles. The van der Waals surface area contributed by atoms with Crippen LogP contribution in [0, 0.1) is 0 Å². The Hall–Kier alpha value is 7.22.